The zero-order valence-corrected chi connectivity index (χ0v) is 5.84. The second-order valence-electron chi connectivity index (χ2n) is 1.45. The molecule has 7 heteroatoms. The van der Waals surface area contributed by atoms with Gasteiger partial charge in [-0.2, -0.15) is 14.0 Å². The minimum atomic E-state index is -4.69. The number of nitrogens with one attached hydrogen (secondary N) is 1. The zero-order chi connectivity index (χ0) is 8.04. The summed E-state index contributed by atoms with van der Waals surface area (Å²) in [6.45, 7) is 2.67. The van der Waals surface area contributed by atoms with Crippen LogP contribution in [0.15, 0.2) is 0 Å². The fraction of sp³-hybridized carbons (Fsp3) is 1.00. The second kappa shape index (κ2) is 4.80. The molecule has 0 amide bonds. The Balaban J connectivity index is 0.000000162. The van der Waals surface area contributed by atoms with Gasteiger partial charge in [-0.25, -0.2) is 0 Å². The molecule has 62 valence electrons. The van der Waals surface area contributed by atoms with Crippen molar-refractivity contribution in [2.24, 2.45) is 0 Å². The highest BCUT2D eigenvalue weighted by Gasteiger charge is 1.98. The molecule has 0 atom stereocenters. The molecule has 1 heterocycles. The van der Waals surface area contributed by atoms with Gasteiger partial charge in [0.2, 0.25) is 0 Å². The molecular formula is C3H8ClNO5. The molecule has 1 saturated heterocycles. The fourth-order valence-corrected chi connectivity index (χ4v) is 0.361. The summed E-state index contributed by atoms with van der Waals surface area (Å²) in [5.74, 6) is 0. The minimum absolute atomic E-state index is 0.750. The molecule has 0 aliphatic carbocycles. The maximum Gasteiger partial charge on any atom is 0.0966 e. The van der Waals surface area contributed by atoms with Crippen LogP contribution in [0.4, 0.5) is 0 Å². The highest BCUT2D eigenvalue weighted by molar-refractivity contribution is 4.43. The van der Waals surface area contributed by atoms with Gasteiger partial charge in [0.25, 0.3) is 0 Å². The molecule has 0 aromatic carbocycles. The first-order valence-electron chi connectivity index (χ1n) is 2.42. The highest BCUT2D eigenvalue weighted by atomic mass is 35.7. The average Bonchev–Trinajstić information content (AvgIpc) is 2.07. The van der Waals surface area contributed by atoms with Crippen LogP contribution in [0.5, 0.6) is 0 Å². The predicted octanol–water partition coefficient (Wildman–Crippen LogP) is -4.56. The van der Waals surface area contributed by atoms with Gasteiger partial charge in [0, 0.05) is 6.54 Å². The van der Waals surface area contributed by atoms with Crippen molar-refractivity contribution in [1.82, 2.24) is 5.32 Å². The van der Waals surface area contributed by atoms with E-state index in [9.17, 15) is 0 Å². The average molecular weight is 174 g/mol. The lowest BCUT2D eigenvalue weighted by molar-refractivity contribution is -1.92. The van der Waals surface area contributed by atoms with Gasteiger partial charge in [-0.3, -0.25) is 5.32 Å². The van der Waals surface area contributed by atoms with Crippen LogP contribution in [0, 0.1) is 10.2 Å². The monoisotopic (exact) mass is 173 g/mol. The van der Waals surface area contributed by atoms with Crippen molar-refractivity contribution < 1.29 is 33.6 Å². The summed E-state index contributed by atoms with van der Waals surface area (Å²) in [6, 6.07) is 0. The molecule has 2 N–H and O–H groups in total. The van der Waals surface area contributed by atoms with Gasteiger partial charge < -0.3 is 4.74 Å². The highest BCUT2D eigenvalue weighted by Crippen LogP contribution is 1.75. The SMILES string of the molecule is C1COCN1.[O-][Cl+3]([O-])([O-])O. The smallest absolute Gasteiger partial charge is 0.0966 e. The molecule has 6 nitrogen and oxygen atoms in total. The Hall–Kier alpha value is 0.0500. The predicted molar refractivity (Wildman–Crippen MR) is 21.0 cm³/mol. The van der Waals surface area contributed by atoms with E-state index in [4.69, 9.17) is 23.4 Å². The molecule has 0 spiro atoms. The summed E-state index contributed by atoms with van der Waals surface area (Å²) < 4.78 is 37.6. The molecule has 1 rings (SSSR count). The maximum atomic E-state index is 8.60. The van der Waals surface area contributed by atoms with E-state index in [2.05, 4.69) is 5.32 Å². The van der Waals surface area contributed by atoms with Gasteiger partial charge in [-0.15, -0.1) is 0 Å². The molecule has 1 fully saturated rings. The third-order valence-electron chi connectivity index (χ3n) is 0.627. The van der Waals surface area contributed by atoms with Crippen LogP contribution in [0.25, 0.3) is 0 Å². The van der Waals surface area contributed by atoms with Crippen LogP contribution >= 0.6 is 0 Å². The van der Waals surface area contributed by atoms with Crippen molar-refractivity contribution in [3.05, 3.63) is 0 Å². The van der Waals surface area contributed by atoms with Crippen LogP contribution in [0.1, 0.15) is 0 Å². The summed E-state index contributed by atoms with van der Waals surface area (Å²) in [5, 5.41) is 3.00. The van der Waals surface area contributed by atoms with Gasteiger partial charge in [0.1, 0.15) is 0 Å². The quantitative estimate of drug-likeness (QED) is 0.382. The first kappa shape index (κ1) is 10.0. The molecule has 0 aromatic heterocycles. The van der Waals surface area contributed by atoms with Gasteiger partial charge in [0.15, 0.2) is 0 Å². The lowest BCUT2D eigenvalue weighted by Crippen LogP contribution is -2.58. The largest absolute Gasteiger partial charge is 0.365 e. The van der Waals surface area contributed by atoms with Crippen molar-refractivity contribution in [3.63, 3.8) is 0 Å². The first-order chi connectivity index (χ1) is 4.50. The summed E-state index contributed by atoms with van der Waals surface area (Å²) >= 11 is 0. The van der Waals surface area contributed by atoms with E-state index < -0.39 is 10.2 Å². The second-order valence-corrected chi connectivity index (χ2v) is 2.24. The van der Waals surface area contributed by atoms with Crippen molar-refractivity contribution in [3.8, 4) is 0 Å². The van der Waals surface area contributed by atoms with Crippen LogP contribution < -0.4 is 19.3 Å². The molecule has 0 saturated carbocycles. The van der Waals surface area contributed by atoms with E-state index in [1.54, 1.807) is 0 Å². The van der Waals surface area contributed by atoms with Gasteiger partial charge in [0.05, 0.1) is 28.2 Å². The summed E-state index contributed by atoms with van der Waals surface area (Å²) in [4.78, 5) is 0. The number of hydrogen-bond acceptors (Lipinski definition) is 6. The molecule has 1 aliphatic heterocycles. The van der Waals surface area contributed by atoms with Gasteiger partial charge >= 0.3 is 0 Å². The number of rotatable bonds is 0. The maximum absolute atomic E-state index is 8.60. The van der Waals surface area contributed by atoms with Gasteiger partial charge in [-0.1, -0.05) is 0 Å². The number of ether oxygens (including phenoxy) is 1. The Morgan fingerprint density at radius 3 is 2.00 bits per heavy atom. The molecule has 10 heavy (non-hydrogen) atoms. The van der Waals surface area contributed by atoms with E-state index >= 15 is 0 Å². The molecule has 0 bridgehead atoms. The topological polar surface area (TPSA) is 111 Å². The third kappa shape index (κ3) is 15.7. The van der Waals surface area contributed by atoms with Gasteiger partial charge in [-0.05, 0) is 0 Å². The van der Waals surface area contributed by atoms with E-state index in [1.807, 2.05) is 0 Å². The number of halogens is 1. The van der Waals surface area contributed by atoms with Crippen molar-refractivity contribution >= 4 is 0 Å². The zero-order valence-electron chi connectivity index (χ0n) is 5.08. The minimum Gasteiger partial charge on any atom is -0.365 e. The molecular weight excluding hydrogens is 165 g/mol. The Bertz CT molecular complexity index is 65.8. The van der Waals surface area contributed by atoms with Crippen molar-refractivity contribution in [2.75, 3.05) is 19.9 Å². The Labute approximate surface area is 59.8 Å². The van der Waals surface area contributed by atoms with Crippen LogP contribution in [0.2, 0.25) is 0 Å². The normalized spacial score (nSPS) is 18.0. The van der Waals surface area contributed by atoms with Crippen molar-refractivity contribution in [1.29, 1.82) is 0 Å². The summed E-state index contributed by atoms with van der Waals surface area (Å²) in [6.07, 6.45) is 0. The van der Waals surface area contributed by atoms with Crippen molar-refractivity contribution in [2.45, 2.75) is 0 Å². The first-order valence-corrected chi connectivity index (χ1v) is 3.68. The molecule has 1 aliphatic rings. The summed E-state index contributed by atoms with van der Waals surface area (Å²) in [5.41, 5.74) is 0. The van der Waals surface area contributed by atoms with Crippen LogP contribution in [-0.2, 0) is 4.74 Å². The Morgan fingerprint density at radius 2 is 1.90 bits per heavy atom. The van der Waals surface area contributed by atoms with E-state index in [-0.39, 0.29) is 0 Å². The Morgan fingerprint density at radius 1 is 1.40 bits per heavy atom. The molecule has 0 radical (unpaired) electrons. The lowest BCUT2D eigenvalue weighted by Gasteiger charge is -2.03. The van der Waals surface area contributed by atoms with E-state index in [1.165, 1.54) is 0 Å². The standard InChI is InChI=1S/C3H7NO.ClHO4/c1-2-5-3-4-1;2-1(3,4)5/h4H,1-3H2;(H,2,3,4,5). The van der Waals surface area contributed by atoms with Crippen LogP contribution in [-0.4, -0.2) is 24.5 Å². The fourth-order valence-electron chi connectivity index (χ4n) is 0.361. The van der Waals surface area contributed by atoms with Crippen LogP contribution in [0.3, 0.4) is 0 Å². The molecule has 0 unspecified atom stereocenters. The Kier molecular flexibility index (Phi) is 4.83. The lowest BCUT2D eigenvalue weighted by atomic mass is 10.7. The summed E-state index contributed by atoms with van der Waals surface area (Å²) in [7, 11) is -4.69. The number of hydrogen-bond donors (Lipinski definition) is 2. The molecule has 0 aromatic rings. The van der Waals surface area contributed by atoms with E-state index in [0.29, 0.717) is 0 Å². The third-order valence-corrected chi connectivity index (χ3v) is 0.627. The van der Waals surface area contributed by atoms with E-state index in [0.717, 1.165) is 19.9 Å².